The van der Waals surface area contributed by atoms with E-state index in [1.165, 1.54) is 11.1 Å². The number of carboxylic acids is 1. The second-order valence-electron chi connectivity index (χ2n) is 7.19. The van der Waals surface area contributed by atoms with E-state index in [4.69, 9.17) is 0 Å². The van der Waals surface area contributed by atoms with Gasteiger partial charge in [-0.25, -0.2) is 0 Å². The van der Waals surface area contributed by atoms with Crippen molar-refractivity contribution in [2.75, 3.05) is 18.8 Å². The summed E-state index contributed by atoms with van der Waals surface area (Å²) in [6, 6.07) is 15.6. The molecule has 1 amide bonds. The molecule has 4 nitrogen and oxygen atoms in total. The minimum Gasteiger partial charge on any atom is -0.481 e. The number of carbonyl (C=O) groups is 2. The fraction of sp³-hybridized carbons (Fsp3) is 0.364. The Balaban J connectivity index is 1.63. The lowest BCUT2D eigenvalue weighted by Gasteiger charge is -2.39. The first-order chi connectivity index (χ1) is 12.9. The van der Waals surface area contributed by atoms with Crippen molar-refractivity contribution in [1.29, 1.82) is 0 Å². The molecule has 1 aliphatic rings. The number of amides is 1. The van der Waals surface area contributed by atoms with E-state index in [1.807, 2.05) is 49.1 Å². The van der Waals surface area contributed by atoms with Crippen molar-refractivity contribution in [2.45, 2.75) is 37.0 Å². The summed E-state index contributed by atoms with van der Waals surface area (Å²) < 4.78 is 0. The summed E-state index contributed by atoms with van der Waals surface area (Å²) in [5, 5.41) is 9.87. The first kappa shape index (κ1) is 19.5. The summed E-state index contributed by atoms with van der Waals surface area (Å²) in [4.78, 5) is 27.6. The molecule has 1 saturated heterocycles. The van der Waals surface area contributed by atoms with E-state index in [0.29, 0.717) is 31.7 Å². The monoisotopic (exact) mass is 383 g/mol. The van der Waals surface area contributed by atoms with Gasteiger partial charge in [0, 0.05) is 18.0 Å². The summed E-state index contributed by atoms with van der Waals surface area (Å²) in [6.07, 6.45) is 0.901. The molecule has 0 unspecified atom stereocenters. The molecule has 2 aromatic rings. The fourth-order valence-corrected chi connectivity index (χ4v) is 4.64. The Labute approximate surface area is 164 Å². The number of piperidine rings is 1. The predicted molar refractivity (Wildman–Crippen MR) is 108 cm³/mol. The second kappa shape index (κ2) is 8.17. The van der Waals surface area contributed by atoms with Crippen molar-refractivity contribution in [3.05, 3.63) is 65.2 Å². The third-order valence-electron chi connectivity index (χ3n) is 5.40. The first-order valence-corrected chi connectivity index (χ1v) is 10.2. The molecule has 3 rings (SSSR count). The molecule has 1 aliphatic heterocycles. The third-order valence-corrected chi connectivity index (χ3v) is 6.54. The Morgan fingerprint density at radius 1 is 1.07 bits per heavy atom. The molecule has 27 heavy (non-hydrogen) atoms. The Morgan fingerprint density at radius 3 is 2.37 bits per heavy atom. The van der Waals surface area contributed by atoms with Gasteiger partial charge >= 0.3 is 5.97 Å². The van der Waals surface area contributed by atoms with Crippen molar-refractivity contribution in [1.82, 2.24) is 4.90 Å². The topological polar surface area (TPSA) is 57.6 Å². The number of likely N-dealkylation sites (tertiary alicyclic amines) is 1. The standard InChI is InChI=1S/C22H25NO3S/c1-16-8-9-17(2)19(14-16)27-15-20(24)23-12-10-22(11-13-23,21(25)26)18-6-4-3-5-7-18/h3-9,14H,10-13,15H2,1-2H3,(H,25,26). The number of nitrogens with zero attached hydrogens (tertiary/aromatic N) is 1. The van der Waals surface area contributed by atoms with Crippen LogP contribution in [0.2, 0.25) is 0 Å². The Bertz CT molecular complexity index is 827. The average Bonchev–Trinajstić information content (AvgIpc) is 2.69. The molecule has 2 aromatic carbocycles. The highest BCUT2D eigenvalue weighted by molar-refractivity contribution is 8.00. The van der Waals surface area contributed by atoms with Crippen LogP contribution < -0.4 is 0 Å². The normalized spacial score (nSPS) is 16.1. The summed E-state index contributed by atoms with van der Waals surface area (Å²) in [5.74, 6) is -0.339. The number of carboxylic acid groups (broad SMARTS) is 1. The maximum absolute atomic E-state index is 12.6. The number of rotatable bonds is 5. The van der Waals surface area contributed by atoms with E-state index in [2.05, 4.69) is 18.2 Å². The molecule has 5 heteroatoms. The summed E-state index contributed by atoms with van der Waals surface area (Å²) in [6.45, 7) is 5.06. The van der Waals surface area contributed by atoms with E-state index >= 15 is 0 Å². The number of carbonyl (C=O) groups excluding carboxylic acids is 1. The molecule has 0 spiro atoms. The molecule has 0 aliphatic carbocycles. The van der Waals surface area contributed by atoms with Crippen LogP contribution in [-0.2, 0) is 15.0 Å². The number of thioether (sulfide) groups is 1. The van der Waals surface area contributed by atoms with Gasteiger partial charge in [-0.2, -0.15) is 0 Å². The van der Waals surface area contributed by atoms with Crippen LogP contribution in [0, 0.1) is 13.8 Å². The van der Waals surface area contributed by atoms with Gasteiger partial charge in [0.05, 0.1) is 11.2 Å². The van der Waals surface area contributed by atoms with Gasteiger partial charge in [0.2, 0.25) is 5.91 Å². The van der Waals surface area contributed by atoms with Crippen molar-refractivity contribution in [3.63, 3.8) is 0 Å². The average molecular weight is 384 g/mol. The van der Waals surface area contributed by atoms with Gasteiger partial charge in [-0.15, -0.1) is 11.8 Å². The number of hydrogen-bond acceptors (Lipinski definition) is 3. The molecular formula is C22H25NO3S. The first-order valence-electron chi connectivity index (χ1n) is 9.19. The van der Waals surface area contributed by atoms with Crippen LogP contribution >= 0.6 is 11.8 Å². The van der Waals surface area contributed by atoms with Crippen molar-refractivity contribution < 1.29 is 14.7 Å². The molecule has 0 saturated carbocycles. The molecule has 0 aromatic heterocycles. The Morgan fingerprint density at radius 2 is 1.74 bits per heavy atom. The lowest BCUT2D eigenvalue weighted by molar-refractivity contribution is -0.147. The maximum Gasteiger partial charge on any atom is 0.314 e. The zero-order valence-corrected chi connectivity index (χ0v) is 16.6. The molecule has 0 bridgehead atoms. The summed E-state index contributed by atoms with van der Waals surface area (Å²) in [5.41, 5.74) is 2.29. The van der Waals surface area contributed by atoms with Gasteiger partial charge in [0.25, 0.3) is 0 Å². The molecule has 1 N–H and O–H groups in total. The van der Waals surface area contributed by atoms with E-state index < -0.39 is 11.4 Å². The minimum absolute atomic E-state index is 0.0768. The largest absolute Gasteiger partial charge is 0.481 e. The van der Waals surface area contributed by atoms with Crippen LogP contribution in [0.5, 0.6) is 0 Å². The van der Waals surface area contributed by atoms with Crippen LogP contribution in [0.1, 0.15) is 29.5 Å². The lowest BCUT2D eigenvalue weighted by Crippen LogP contribution is -2.49. The van der Waals surface area contributed by atoms with E-state index in [9.17, 15) is 14.7 Å². The van der Waals surface area contributed by atoms with Crippen LogP contribution in [0.4, 0.5) is 0 Å². The van der Waals surface area contributed by atoms with Crippen LogP contribution in [0.25, 0.3) is 0 Å². The molecule has 0 atom stereocenters. The predicted octanol–water partition coefficient (Wildman–Crippen LogP) is 4.04. The zero-order valence-electron chi connectivity index (χ0n) is 15.8. The highest BCUT2D eigenvalue weighted by Crippen LogP contribution is 2.36. The number of aliphatic carboxylic acids is 1. The third kappa shape index (κ3) is 4.19. The smallest absolute Gasteiger partial charge is 0.314 e. The van der Waals surface area contributed by atoms with E-state index in [-0.39, 0.29) is 5.91 Å². The Kier molecular flexibility index (Phi) is 5.90. The highest BCUT2D eigenvalue weighted by Gasteiger charge is 2.43. The number of benzene rings is 2. The van der Waals surface area contributed by atoms with Gasteiger partial charge in [-0.05, 0) is 43.9 Å². The van der Waals surface area contributed by atoms with Crippen LogP contribution in [-0.4, -0.2) is 40.7 Å². The minimum atomic E-state index is -0.891. The van der Waals surface area contributed by atoms with E-state index in [1.54, 1.807) is 11.8 Å². The highest BCUT2D eigenvalue weighted by atomic mass is 32.2. The van der Waals surface area contributed by atoms with Crippen molar-refractivity contribution >= 4 is 23.6 Å². The van der Waals surface area contributed by atoms with Gasteiger partial charge < -0.3 is 10.0 Å². The van der Waals surface area contributed by atoms with Gasteiger partial charge in [-0.3, -0.25) is 9.59 Å². The van der Waals surface area contributed by atoms with Gasteiger partial charge in [0.1, 0.15) is 0 Å². The zero-order chi connectivity index (χ0) is 19.4. The van der Waals surface area contributed by atoms with E-state index in [0.717, 1.165) is 10.5 Å². The summed E-state index contributed by atoms with van der Waals surface area (Å²) >= 11 is 1.56. The number of aryl methyl sites for hydroxylation is 2. The SMILES string of the molecule is Cc1ccc(C)c(SCC(=O)N2CCC(C(=O)O)(c3ccccc3)CC2)c1. The molecule has 1 fully saturated rings. The quantitative estimate of drug-likeness (QED) is 0.792. The number of hydrogen-bond donors (Lipinski definition) is 1. The van der Waals surface area contributed by atoms with Gasteiger partial charge in [0.15, 0.2) is 0 Å². The molecule has 142 valence electrons. The van der Waals surface area contributed by atoms with Crippen LogP contribution in [0.3, 0.4) is 0 Å². The second-order valence-corrected chi connectivity index (χ2v) is 8.21. The van der Waals surface area contributed by atoms with Crippen LogP contribution in [0.15, 0.2) is 53.4 Å². The molecule has 0 radical (unpaired) electrons. The fourth-order valence-electron chi connectivity index (χ4n) is 3.61. The lowest BCUT2D eigenvalue weighted by atomic mass is 9.73. The molecule has 1 heterocycles. The van der Waals surface area contributed by atoms with Crippen molar-refractivity contribution in [3.8, 4) is 0 Å². The maximum atomic E-state index is 12.6. The van der Waals surface area contributed by atoms with Crippen molar-refractivity contribution in [2.24, 2.45) is 0 Å². The Hall–Kier alpha value is -2.27. The summed E-state index contributed by atoms with van der Waals surface area (Å²) in [7, 11) is 0. The van der Waals surface area contributed by atoms with Gasteiger partial charge in [-0.1, -0.05) is 48.0 Å². The molecular weight excluding hydrogens is 358 g/mol.